The Hall–Kier alpha value is -1.43. The first kappa shape index (κ1) is 37.6. The molecule has 0 aliphatic carbocycles. The quantitative estimate of drug-likeness (QED) is 0.0586. The van der Waals surface area contributed by atoms with E-state index in [1.54, 1.807) is 6.08 Å². The molecule has 0 saturated heterocycles. The number of unbranched alkanes of at least 4 members (excludes halogenated alkanes) is 15. The molecule has 0 rings (SSSR count). The molecule has 0 aromatic heterocycles. The average Bonchev–Trinajstić information content (AvgIpc) is 2.92. The van der Waals surface area contributed by atoms with Gasteiger partial charge >= 0.3 is 0 Å². The van der Waals surface area contributed by atoms with Crippen LogP contribution in [0.15, 0.2) is 36.5 Å². The minimum atomic E-state index is -0.954. The van der Waals surface area contributed by atoms with Crippen LogP contribution in [-0.2, 0) is 4.79 Å². The number of hydrogen-bond donors (Lipinski definition) is 4. The summed E-state index contributed by atoms with van der Waals surface area (Å²) in [6.45, 7) is 4.13. The molecule has 0 aliphatic heterocycles. The van der Waals surface area contributed by atoms with Crippen LogP contribution >= 0.6 is 0 Å². The number of nitrogens with one attached hydrogen (secondary N) is 1. The fourth-order valence-corrected chi connectivity index (χ4v) is 4.59. The lowest BCUT2D eigenvalue weighted by molar-refractivity contribution is -0.124. The molecule has 228 valence electrons. The summed E-state index contributed by atoms with van der Waals surface area (Å²) in [5.74, 6) is -0.346. The van der Waals surface area contributed by atoms with Gasteiger partial charge < -0.3 is 20.6 Å². The molecule has 0 heterocycles. The number of carbonyl (C=O) groups excluding carboxylic acids is 1. The third-order valence-electron chi connectivity index (χ3n) is 7.15. The molecule has 5 nitrogen and oxygen atoms in total. The molecule has 3 unspecified atom stereocenters. The highest BCUT2D eigenvalue weighted by Gasteiger charge is 2.19. The van der Waals surface area contributed by atoms with Gasteiger partial charge in [0.25, 0.3) is 0 Å². The Morgan fingerprint density at radius 1 is 0.641 bits per heavy atom. The van der Waals surface area contributed by atoms with Gasteiger partial charge in [0.05, 0.1) is 31.3 Å². The lowest BCUT2D eigenvalue weighted by Crippen LogP contribution is -2.45. The van der Waals surface area contributed by atoms with E-state index in [4.69, 9.17) is 0 Å². The topological polar surface area (TPSA) is 89.8 Å². The SMILES string of the molecule is CCCCCCCC/C=C\CCCC(O)CC(=O)NC(CO)C(O)/C=C/CC/C=C/CCCCCCCCC. The average molecular weight is 550 g/mol. The Kier molecular flexibility index (Phi) is 28.5. The van der Waals surface area contributed by atoms with Crippen LogP contribution in [0.25, 0.3) is 0 Å². The first-order chi connectivity index (χ1) is 19.0. The second-order valence-electron chi connectivity index (χ2n) is 11.1. The highest BCUT2D eigenvalue weighted by atomic mass is 16.3. The molecule has 4 N–H and O–H groups in total. The zero-order chi connectivity index (χ0) is 28.8. The Morgan fingerprint density at radius 3 is 1.64 bits per heavy atom. The van der Waals surface area contributed by atoms with Gasteiger partial charge in [0, 0.05) is 0 Å². The summed E-state index contributed by atoms with van der Waals surface area (Å²) in [6.07, 6.45) is 34.1. The standard InChI is InChI=1S/C34H63NO4/c1-3-5-7-9-11-13-15-16-18-20-22-24-26-28-33(38)32(30-36)35-34(39)29-31(37)27-25-23-21-19-17-14-12-10-8-6-4-2/h18-21,26,28,31-33,36-38H,3-17,22-25,27,29-30H2,1-2H3,(H,35,39)/b20-18+,21-19-,28-26+. The molecule has 0 aliphatic rings. The smallest absolute Gasteiger partial charge is 0.222 e. The lowest BCUT2D eigenvalue weighted by Gasteiger charge is -2.20. The number of rotatable bonds is 28. The highest BCUT2D eigenvalue weighted by Crippen LogP contribution is 2.11. The molecule has 0 aromatic rings. The number of aliphatic hydroxyl groups is 3. The van der Waals surface area contributed by atoms with Crippen molar-refractivity contribution in [2.45, 2.75) is 167 Å². The minimum absolute atomic E-state index is 0.0159. The van der Waals surface area contributed by atoms with Crippen LogP contribution < -0.4 is 5.32 Å². The zero-order valence-corrected chi connectivity index (χ0v) is 25.5. The molecule has 0 fully saturated rings. The van der Waals surface area contributed by atoms with Crippen LogP contribution in [0, 0.1) is 0 Å². The second-order valence-corrected chi connectivity index (χ2v) is 11.1. The van der Waals surface area contributed by atoms with E-state index >= 15 is 0 Å². The van der Waals surface area contributed by atoms with Gasteiger partial charge in [-0.2, -0.15) is 0 Å². The van der Waals surface area contributed by atoms with E-state index < -0.39 is 18.2 Å². The van der Waals surface area contributed by atoms with Gasteiger partial charge in [-0.1, -0.05) is 121 Å². The van der Waals surface area contributed by atoms with Crippen molar-refractivity contribution in [3.63, 3.8) is 0 Å². The molecule has 3 atom stereocenters. The normalized spacial score (nSPS) is 14.5. The lowest BCUT2D eigenvalue weighted by atomic mass is 10.1. The number of hydrogen-bond acceptors (Lipinski definition) is 4. The van der Waals surface area contributed by atoms with E-state index in [0.717, 1.165) is 38.5 Å². The number of amides is 1. The van der Waals surface area contributed by atoms with Gasteiger partial charge in [0.1, 0.15) is 0 Å². The summed E-state index contributed by atoms with van der Waals surface area (Å²) in [6, 6.07) is -0.765. The fraction of sp³-hybridized carbons (Fsp3) is 0.794. The van der Waals surface area contributed by atoms with Gasteiger partial charge in [-0.25, -0.2) is 0 Å². The Labute approximate surface area is 241 Å². The number of carbonyl (C=O) groups is 1. The van der Waals surface area contributed by atoms with E-state index in [9.17, 15) is 20.1 Å². The van der Waals surface area contributed by atoms with Crippen molar-refractivity contribution in [2.75, 3.05) is 6.61 Å². The van der Waals surface area contributed by atoms with Crippen LogP contribution in [0.3, 0.4) is 0 Å². The summed E-state index contributed by atoms with van der Waals surface area (Å²) < 4.78 is 0. The predicted octanol–water partition coefficient (Wildman–Crippen LogP) is 8.09. The van der Waals surface area contributed by atoms with Crippen LogP contribution in [0.1, 0.15) is 149 Å². The van der Waals surface area contributed by atoms with E-state index in [-0.39, 0.29) is 18.9 Å². The third kappa shape index (κ3) is 26.6. The number of allylic oxidation sites excluding steroid dienone is 5. The maximum absolute atomic E-state index is 12.3. The van der Waals surface area contributed by atoms with E-state index in [1.165, 1.54) is 83.5 Å². The molecule has 0 radical (unpaired) electrons. The van der Waals surface area contributed by atoms with Crippen molar-refractivity contribution in [1.82, 2.24) is 5.32 Å². The van der Waals surface area contributed by atoms with Crippen molar-refractivity contribution in [3.8, 4) is 0 Å². The number of aliphatic hydroxyl groups excluding tert-OH is 3. The summed E-state index contributed by atoms with van der Waals surface area (Å²) in [5, 5.41) is 32.8. The van der Waals surface area contributed by atoms with Crippen LogP contribution in [-0.4, -0.2) is 46.1 Å². The molecule has 0 bridgehead atoms. The summed E-state index contributed by atoms with van der Waals surface area (Å²) in [5.41, 5.74) is 0. The molecule has 0 saturated carbocycles. The third-order valence-corrected chi connectivity index (χ3v) is 7.15. The maximum Gasteiger partial charge on any atom is 0.222 e. The van der Waals surface area contributed by atoms with Crippen LogP contribution in [0.2, 0.25) is 0 Å². The monoisotopic (exact) mass is 549 g/mol. The summed E-state index contributed by atoms with van der Waals surface area (Å²) in [7, 11) is 0. The molecule has 39 heavy (non-hydrogen) atoms. The van der Waals surface area contributed by atoms with Crippen molar-refractivity contribution < 1.29 is 20.1 Å². The Balaban J connectivity index is 3.90. The van der Waals surface area contributed by atoms with Gasteiger partial charge in [-0.15, -0.1) is 0 Å². The van der Waals surface area contributed by atoms with Crippen LogP contribution in [0.4, 0.5) is 0 Å². The van der Waals surface area contributed by atoms with Gasteiger partial charge in [0.2, 0.25) is 5.91 Å². The first-order valence-electron chi connectivity index (χ1n) is 16.3. The molecule has 1 amide bonds. The van der Waals surface area contributed by atoms with E-state index in [0.29, 0.717) is 6.42 Å². The Bertz CT molecular complexity index is 616. The zero-order valence-electron chi connectivity index (χ0n) is 25.5. The highest BCUT2D eigenvalue weighted by molar-refractivity contribution is 5.76. The van der Waals surface area contributed by atoms with Gasteiger partial charge in [-0.3, -0.25) is 4.79 Å². The van der Waals surface area contributed by atoms with Crippen LogP contribution in [0.5, 0.6) is 0 Å². The van der Waals surface area contributed by atoms with Crippen molar-refractivity contribution in [2.24, 2.45) is 0 Å². The molecule has 5 heteroatoms. The van der Waals surface area contributed by atoms with Crippen molar-refractivity contribution in [3.05, 3.63) is 36.5 Å². The summed E-state index contributed by atoms with van der Waals surface area (Å²) >= 11 is 0. The molecular formula is C34H63NO4. The largest absolute Gasteiger partial charge is 0.394 e. The predicted molar refractivity (Wildman–Crippen MR) is 167 cm³/mol. The first-order valence-corrected chi connectivity index (χ1v) is 16.3. The summed E-state index contributed by atoms with van der Waals surface area (Å²) in [4.78, 5) is 12.3. The van der Waals surface area contributed by atoms with Gasteiger partial charge in [0.15, 0.2) is 0 Å². The second kappa shape index (κ2) is 29.6. The fourth-order valence-electron chi connectivity index (χ4n) is 4.59. The van der Waals surface area contributed by atoms with E-state index in [2.05, 4.69) is 43.5 Å². The van der Waals surface area contributed by atoms with Crippen molar-refractivity contribution in [1.29, 1.82) is 0 Å². The van der Waals surface area contributed by atoms with Crippen molar-refractivity contribution >= 4 is 5.91 Å². The molecule has 0 spiro atoms. The molecular weight excluding hydrogens is 486 g/mol. The molecule has 0 aromatic carbocycles. The maximum atomic E-state index is 12.3. The van der Waals surface area contributed by atoms with E-state index in [1.807, 2.05) is 6.08 Å². The Morgan fingerprint density at radius 2 is 1.10 bits per heavy atom. The minimum Gasteiger partial charge on any atom is -0.394 e. The van der Waals surface area contributed by atoms with Gasteiger partial charge in [-0.05, 0) is 57.8 Å².